The first kappa shape index (κ1) is 21.8. The van der Waals surface area contributed by atoms with Gasteiger partial charge in [-0.1, -0.05) is 49.4 Å². The van der Waals surface area contributed by atoms with Crippen LogP contribution >= 0.6 is 0 Å². The SMILES string of the molecule is CCC(OC(=O)c1ccccc1-c1nc2ccccc2[nH]1)C(=O)Nc1ccccc1C(N)=O. The van der Waals surface area contributed by atoms with E-state index in [1.807, 2.05) is 24.3 Å². The Kier molecular flexibility index (Phi) is 6.17. The number of hydrogen-bond donors (Lipinski definition) is 3. The summed E-state index contributed by atoms with van der Waals surface area (Å²) in [5.74, 6) is -1.36. The average molecular weight is 442 g/mol. The minimum Gasteiger partial charge on any atom is -0.449 e. The first-order valence-corrected chi connectivity index (χ1v) is 10.4. The zero-order chi connectivity index (χ0) is 23.4. The number of nitrogens with zero attached hydrogens (tertiary/aromatic N) is 1. The van der Waals surface area contributed by atoms with Gasteiger partial charge in [-0.05, 0) is 36.8 Å². The quantitative estimate of drug-likeness (QED) is 0.374. The van der Waals surface area contributed by atoms with Gasteiger partial charge in [-0.3, -0.25) is 9.59 Å². The molecule has 0 spiro atoms. The van der Waals surface area contributed by atoms with E-state index in [1.165, 1.54) is 6.07 Å². The Labute approximate surface area is 189 Å². The van der Waals surface area contributed by atoms with Gasteiger partial charge in [0.15, 0.2) is 6.10 Å². The number of anilines is 1. The highest BCUT2D eigenvalue weighted by Gasteiger charge is 2.25. The third kappa shape index (κ3) is 4.59. The van der Waals surface area contributed by atoms with Crippen molar-refractivity contribution in [2.24, 2.45) is 5.73 Å². The van der Waals surface area contributed by atoms with E-state index in [0.29, 0.717) is 11.4 Å². The lowest BCUT2D eigenvalue weighted by molar-refractivity contribution is -0.124. The van der Waals surface area contributed by atoms with Crippen molar-refractivity contribution in [1.29, 1.82) is 0 Å². The van der Waals surface area contributed by atoms with Crippen LogP contribution in [0.3, 0.4) is 0 Å². The number of nitrogens with two attached hydrogens (primary N) is 1. The number of aromatic nitrogens is 2. The number of benzene rings is 3. The highest BCUT2D eigenvalue weighted by molar-refractivity contribution is 6.05. The van der Waals surface area contributed by atoms with Crippen molar-refractivity contribution in [1.82, 2.24) is 9.97 Å². The number of carbonyl (C=O) groups is 3. The van der Waals surface area contributed by atoms with Gasteiger partial charge in [0.2, 0.25) is 0 Å². The summed E-state index contributed by atoms with van der Waals surface area (Å²) in [4.78, 5) is 45.2. The number of esters is 1. The van der Waals surface area contributed by atoms with E-state index in [0.717, 1.165) is 11.0 Å². The van der Waals surface area contributed by atoms with Gasteiger partial charge >= 0.3 is 5.97 Å². The summed E-state index contributed by atoms with van der Waals surface area (Å²) in [6, 6.07) is 20.8. The summed E-state index contributed by atoms with van der Waals surface area (Å²) in [5.41, 5.74) is 8.25. The molecule has 1 atom stereocenters. The molecule has 33 heavy (non-hydrogen) atoms. The number of imidazole rings is 1. The molecule has 0 radical (unpaired) electrons. The molecule has 166 valence electrons. The molecule has 0 bridgehead atoms. The molecule has 0 aliphatic carbocycles. The predicted molar refractivity (Wildman–Crippen MR) is 125 cm³/mol. The molecule has 8 heteroatoms. The molecule has 1 unspecified atom stereocenters. The minimum atomic E-state index is -1.07. The number of para-hydroxylation sites is 3. The molecule has 2 amide bonds. The Morgan fingerprint density at radius 1 is 0.970 bits per heavy atom. The van der Waals surface area contributed by atoms with E-state index in [9.17, 15) is 14.4 Å². The largest absolute Gasteiger partial charge is 0.449 e. The summed E-state index contributed by atoms with van der Waals surface area (Å²) in [6.45, 7) is 1.72. The number of carbonyl (C=O) groups excluding carboxylic acids is 3. The second kappa shape index (κ2) is 9.35. The van der Waals surface area contributed by atoms with Crippen LogP contribution in [0.15, 0.2) is 72.8 Å². The fourth-order valence-electron chi connectivity index (χ4n) is 3.48. The molecule has 4 rings (SSSR count). The number of primary amides is 1. The molecule has 0 saturated heterocycles. The zero-order valence-corrected chi connectivity index (χ0v) is 17.9. The summed E-state index contributed by atoms with van der Waals surface area (Å²) < 4.78 is 5.55. The predicted octanol–water partition coefficient (Wildman–Crippen LogP) is 3.90. The maximum atomic E-state index is 13.0. The lowest BCUT2D eigenvalue weighted by Crippen LogP contribution is -2.33. The van der Waals surface area contributed by atoms with E-state index in [2.05, 4.69) is 15.3 Å². The van der Waals surface area contributed by atoms with Gasteiger partial charge in [0.05, 0.1) is 27.8 Å². The number of nitrogens with one attached hydrogen (secondary N) is 2. The molecular weight excluding hydrogens is 420 g/mol. The third-order valence-electron chi connectivity index (χ3n) is 5.15. The van der Waals surface area contributed by atoms with E-state index in [1.54, 1.807) is 49.4 Å². The molecule has 0 aliphatic heterocycles. The summed E-state index contributed by atoms with van der Waals surface area (Å²) >= 11 is 0. The van der Waals surface area contributed by atoms with Crippen LogP contribution in [0.25, 0.3) is 22.4 Å². The third-order valence-corrected chi connectivity index (χ3v) is 5.15. The summed E-state index contributed by atoms with van der Waals surface area (Å²) in [5, 5.41) is 2.63. The Balaban J connectivity index is 1.56. The van der Waals surface area contributed by atoms with E-state index in [4.69, 9.17) is 10.5 Å². The molecule has 4 N–H and O–H groups in total. The molecule has 0 fully saturated rings. The lowest BCUT2D eigenvalue weighted by Gasteiger charge is -2.18. The van der Waals surface area contributed by atoms with Crippen molar-refractivity contribution in [2.45, 2.75) is 19.4 Å². The molecule has 8 nitrogen and oxygen atoms in total. The summed E-state index contributed by atoms with van der Waals surface area (Å²) in [7, 11) is 0. The lowest BCUT2D eigenvalue weighted by atomic mass is 10.1. The second-order valence-electron chi connectivity index (χ2n) is 7.35. The van der Waals surface area contributed by atoms with E-state index >= 15 is 0 Å². The average Bonchev–Trinajstić information content (AvgIpc) is 3.26. The van der Waals surface area contributed by atoms with Gasteiger partial charge in [0.25, 0.3) is 11.8 Å². The van der Waals surface area contributed by atoms with E-state index < -0.39 is 23.9 Å². The van der Waals surface area contributed by atoms with Gasteiger partial charge in [-0.15, -0.1) is 0 Å². The van der Waals surface area contributed by atoms with Crippen molar-refractivity contribution in [3.8, 4) is 11.4 Å². The Morgan fingerprint density at radius 3 is 2.36 bits per heavy atom. The van der Waals surface area contributed by atoms with Crippen molar-refractivity contribution in [3.63, 3.8) is 0 Å². The van der Waals surface area contributed by atoms with Crippen LogP contribution in [0.5, 0.6) is 0 Å². The van der Waals surface area contributed by atoms with Gasteiger partial charge in [0, 0.05) is 5.56 Å². The molecule has 1 aromatic heterocycles. The maximum absolute atomic E-state index is 13.0. The molecule has 0 saturated carbocycles. The van der Waals surface area contributed by atoms with Crippen molar-refractivity contribution < 1.29 is 19.1 Å². The molecule has 0 aliphatic rings. The van der Waals surface area contributed by atoms with Crippen LogP contribution in [0.1, 0.15) is 34.1 Å². The smallest absolute Gasteiger partial charge is 0.339 e. The molecular formula is C25H22N4O4. The topological polar surface area (TPSA) is 127 Å². The highest BCUT2D eigenvalue weighted by atomic mass is 16.5. The first-order valence-electron chi connectivity index (χ1n) is 10.4. The second-order valence-corrected chi connectivity index (χ2v) is 7.35. The van der Waals surface area contributed by atoms with Gasteiger partial charge in [-0.25, -0.2) is 9.78 Å². The highest BCUT2D eigenvalue weighted by Crippen LogP contribution is 2.25. The number of ether oxygens (including phenoxy) is 1. The van der Waals surface area contributed by atoms with Crippen molar-refractivity contribution in [2.75, 3.05) is 5.32 Å². The number of hydrogen-bond acceptors (Lipinski definition) is 5. The van der Waals surface area contributed by atoms with Gasteiger partial charge in [-0.2, -0.15) is 0 Å². The monoisotopic (exact) mass is 442 g/mol. The fourth-order valence-corrected chi connectivity index (χ4v) is 3.48. The molecule has 3 aromatic carbocycles. The van der Waals surface area contributed by atoms with Crippen LogP contribution in [-0.2, 0) is 9.53 Å². The molecule has 4 aromatic rings. The van der Waals surface area contributed by atoms with Gasteiger partial charge < -0.3 is 20.8 Å². The molecule has 1 heterocycles. The Morgan fingerprint density at radius 2 is 1.64 bits per heavy atom. The van der Waals surface area contributed by atoms with E-state index in [-0.39, 0.29) is 23.2 Å². The Hall–Kier alpha value is -4.46. The van der Waals surface area contributed by atoms with Crippen LogP contribution < -0.4 is 11.1 Å². The normalized spacial score (nSPS) is 11.7. The number of aromatic amines is 1. The van der Waals surface area contributed by atoms with Gasteiger partial charge in [0.1, 0.15) is 5.82 Å². The van der Waals surface area contributed by atoms with Crippen molar-refractivity contribution in [3.05, 3.63) is 83.9 Å². The fraction of sp³-hybridized carbons (Fsp3) is 0.120. The number of H-pyrrole nitrogens is 1. The summed E-state index contributed by atoms with van der Waals surface area (Å²) in [6.07, 6.45) is -0.828. The van der Waals surface area contributed by atoms with Crippen LogP contribution in [-0.4, -0.2) is 33.9 Å². The first-order chi connectivity index (χ1) is 16.0. The minimum absolute atomic E-state index is 0.169. The standard InChI is InChI=1S/C25H22N4O4/c1-2-21(24(31)29-18-12-6-5-11-17(18)22(26)30)33-25(32)16-10-4-3-9-15(16)23-27-19-13-7-8-14-20(19)28-23/h3-14,21H,2H2,1H3,(H2,26,30)(H,27,28)(H,29,31). The maximum Gasteiger partial charge on any atom is 0.339 e. The van der Waals surface area contributed by atoms with Crippen LogP contribution in [0.4, 0.5) is 5.69 Å². The zero-order valence-electron chi connectivity index (χ0n) is 17.9. The van der Waals surface area contributed by atoms with Crippen LogP contribution in [0.2, 0.25) is 0 Å². The van der Waals surface area contributed by atoms with Crippen molar-refractivity contribution >= 4 is 34.5 Å². The van der Waals surface area contributed by atoms with Crippen LogP contribution in [0, 0.1) is 0 Å². The number of fused-ring (bicyclic) bond motifs is 1. The number of rotatable bonds is 7. The number of amides is 2. The Bertz CT molecular complexity index is 1310.